The summed E-state index contributed by atoms with van der Waals surface area (Å²) in [6.07, 6.45) is 2.17. The summed E-state index contributed by atoms with van der Waals surface area (Å²) in [4.78, 5) is 26.0. The Balaban J connectivity index is 0.000000298. The van der Waals surface area contributed by atoms with Crippen molar-refractivity contribution in [3.05, 3.63) is 42.1 Å². The number of carboxylic acid groups (broad SMARTS) is 1. The Morgan fingerprint density at radius 1 is 1.28 bits per heavy atom. The van der Waals surface area contributed by atoms with Crippen molar-refractivity contribution in [3.63, 3.8) is 0 Å². The Morgan fingerprint density at radius 2 is 1.97 bits per heavy atom. The van der Waals surface area contributed by atoms with Gasteiger partial charge >= 0.3 is 12.1 Å². The maximum atomic E-state index is 12.7. The largest absolute Gasteiger partial charge is 0.490 e. The molecule has 2 atom stereocenters. The maximum absolute atomic E-state index is 12.7. The van der Waals surface area contributed by atoms with E-state index in [0.717, 1.165) is 38.2 Å². The summed E-state index contributed by atoms with van der Waals surface area (Å²) >= 11 is 0. The van der Waals surface area contributed by atoms with Crippen LogP contribution in [0.4, 0.5) is 13.2 Å². The van der Waals surface area contributed by atoms with Gasteiger partial charge in [-0.2, -0.15) is 18.3 Å². The van der Waals surface area contributed by atoms with Crippen LogP contribution in [0.15, 0.2) is 35.2 Å². The molecule has 2 fully saturated rings. The average Bonchev–Trinajstić information content (AvgIpc) is 3.41. The number of rotatable bonds is 3. The van der Waals surface area contributed by atoms with Gasteiger partial charge in [0.15, 0.2) is 0 Å². The van der Waals surface area contributed by atoms with Crippen molar-refractivity contribution in [2.45, 2.75) is 37.6 Å². The number of alkyl halides is 3. The zero-order valence-corrected chi connectivity index (χ0v) is 15.7. The first-order valence-electron chi connectivity index (χ1n) is 9.03. The van der Waals surface area contributed by atoms with E-state index in [9.17, 15) is 18.0 Å². The number of nitrogens with zero attached hydrogens (tertiary/aromatic N) is 4. The van der Waals surface area contributed by atoms with Crippen molar-refractivity contribution in [1.29, 1.82) is 0 Å². The molecule has 1 amide bonds. The van der Waals surface area contributed by atoms with E-state index in [2.05, 4.69) is 10.00 Å². The van der Waals surface area contributed by atoms with E-state index < -0.39 is 12.1 Å². The Kier molecular flexibility index (Phi) is 5.96. The van der Waals surface area contributed by atoms with Crippen molar-refractivity contribution in [2.24, 2.45) is 7.05 Å². The molecule has 4 rings (SSSR count). The summed E-state index contributed by atoms with van der Waals surface area (Å²) in [6, 6.07) is 4.71. The highest BCUT2D eigenvalue weighted by Gasteiger charge is 2.44. The minimum absolute atomic E-state index is 0.112. The number of halogens is 3. The zero-order chi connectivity index (χ0) is 21.2. The molecule has 0 aromatic carbocycles. The first-order valence-corrected chi connectivity index (χ1v) is 9.03. The van der Waals surface area contributed by atoms with Gasteiger partial charge in [-0.3, -0.25) is 14.4 Å². The Hall–Kier alpha value is -2.82. The van der Waals surface area contributed by atoms with E-state index in [1.54, 1.807) is 23.3 Å². The topological polar surface area (TPSA) is 91.8 Å². The van der Waals surface area contributed by atoms with Crippen molar-refractivity contribution >= 4 is 11.9 Å². The molecule has 0 unspecified atom stereocenters. The van der Waals surface area contributed by atoms with Crippen molar-refractivity contribution in [3.8, 4) is 0 Å². The fourth-order valence-electron chi connectivity index (χ4n) is 3.82. The number of likely N-dealkylation sites (tertiary alicyclic amines) is 2. The molecule has 1 N–H and O–H groups in total. The summed E-state index contributed by atoms with van der Waals surface area (Å²) in [5.74, 6) is -1.65. The third-order valence-corrected chi connectivity index (χ3v) is 5.09. The van der Waals surface area contributed by atoms with Crippen LogP contribution in [0.1, 0.15) is 29.0 Å². The number of aryl methyl sites for hydroxylation is 1. The number of furan rings is 1. The van der Waals surface area contributed by atoms with Crippen LogP contribution in [0.25, 0.3) is 0 Å². The number of carbonyl (C=O) groups excluding carboxylic acids is 1. The highest BCUT2D eigenvalue weighted by molar-refractivity contribution is 5.94. The van der Waals surface area contributed by atoms with Gasteiger partial charge in [0.25, 0.3) is 5.91 Å². The number of hydrogen-bond donors (Lipinski definition) is 1. The molecule has 8 nitrogen and oxygen atoms in total. The highest BCUT2D eigenvalue weighted by Crippen LogP contribution is 2.33. The Labute approximate surface area is 164 Å². The quantitative estimate of drug-likeness (QED) is 0.828. The number of aromatic nitrogens is 2. The van der Waals surface area contributed by atoms with Crippen LogP contribution >= 0.6 is 0 Å². The van der Waals surface area contributed by atoms with E-state index in [1.165, 1.54) is 0 Å². The van der Waals surface area contributed by atoms with Gasteiger partial charge in [0.1, 0.15) is 5.76 Å². The molecule has 2 aliphatic rings. The molecule has 2 saturated heterocycles. The second-order valence-electron chi connectivity index (χ2n) is 6.97. The predicted octanol–water partition coefficient (Wildman–Crippen LogP) is 2.14. The van der Waals surface area contributed by atoms with Crippen molar-refractivity contribution in [2.75, 3.05) is 13.1 Å². The monoisotopic (exact) mass is 414 g/mol. The van der Waals surface area contributed by atoms with Crippen molar-refractivity contribution in [1.82, 2.24) is 19.6 Å². The summed E-state index contributed by atoms with van der Waals surface area (Å²) in [5.41, 5.74) is 0.688. The van der Waals surface area contributed by atoms with Gasteiger partial charge in [0, 0.05) is 38.4 Å². The summed E-state index contributed by atoms with van der Waals surface area (Å²) < 4.78 is 38.9. The van der Waals surface area contributed by atoms with E-state index >= 15 is 0 Å². The molecular formula is C18H21F3N4O4. The molecule has 158 valence electrons. The molecule has 0 spiro atoms. The third kappa shape index (κ3) is 4.78. The van der Waals surface area contributed by atoms with Crippen LogP contribution in [-0.4, -0.2) is 67.9 Å². The molecule has 4 heterocycles. The highest BCUT2D eigenvalue weighted by atomic mass is 19.4. The van der Waals surface area contributed by atoms with Gasteiger partial charge in [0.05, 0.1) is 24.6 Å². The smallest absolute Gasteiger partial charge is 0.475 e. The summed E-state index contributed by atoms with van der Waals surface area (Å²) in [6.45, 7) is 2.69. The lowest BCUT2D eigenvalue weighted by atomic mass is 10.1. The molecule has 0 radical (unpaired) electrons. The molecular weight excluding hydrogens is 393 g/mol. The van der Waals surface area contributed by atoms with Crippen LogP contribution in [0.3, 0.4) is 0 Å². The van der Waals surface area contributed by atoms with Gasteiger partial charge in [-0.05, 0) is 25.0 Å². The summed E-state index contributed by atoms with van der Waals surface area (Å²) in [5, 5.41) is 11.2. The number of carbonyl (C=O) groups is 2. The van der Waals surface area contributed by atoms with Crippen LogP contribution in [0, 0.1) is 0 Å². The summed E-state index contributed by atoms with van der Waals surface area (Å²) in [7, 11) is 1.84. The first kappa shape index (κ1) is 20.9. The minimum atomic E-state index is -5.08. The Morgan fingerprint density at radius 3 is 2.52 bits per heavy atom. The molecule has 11 heteroatoms. The standard InChI is InChI=1S/C16H20N4O2.C2HF3O2/c1-18-10-12(9-17-18)16(21)20-7-5-14-15(20)4-6-19(14)11-13-3-2-8-22-13;3-2(4,5)1(6)7/h2-3,8-10,14-15H,4-7,11H2,1H3;(H,6,7)/t14-,15+;/m1./s1. The number of fused-ring (bicyclic) bond motifs is 1. The second kappa shape index (κ2) is 8.27. The van der Waals surface area contributed by atoms with E-state index in [-0.39, 0.29) is 5.91 Å². The number of hydrogen-bond acceptors (Lipinski definition) is 5. The lowest BCUT2D eigenvalue weighted by Gasteiger charge is -2.24. The lowest BCUT2D eigenvalue weighted by molar-refractivity contribution is -0.192. The minimum Gasteiger partial charge on any atom is -0.475 e. The third-order valence-electron chi connectivity index (χ3n) is 5.09. The molecule has 0 bridgehead atoms. The van der Waals surface area contributed by atoms with Gasteiger partial charge in [0.2, 0.25) is 0 Å². The molecule has 0 saturated carbocycles. The van der Waals surface area contributed by atoms with Gasteiger partial charge in [-0.25, -0.2) is 4.79 Å². The fraction of sp³-hybridized carbons (Fsp3) is 0.500. The fourth-order valence-corrected chi connectivity index (χ4v) is 3.82. The molecule has 2 aliphatic heterocycles. The van der Waals surface area contributed by atoms with Gasteiger partial charge in [-0.15, -0.1) is 0 Å². The van der Waals surface area contributed by atoms with Crippen LogP contribution < -0.4 is 0 Å². The maximum Gasteiger partial charge on any atom is 0.490 e. The van der Waals surface area contributed by atoms with Crippen LogP contribution in [0.5, 0.6) is 0 Å². The second-order valence-corrected chi connectivity index (χ2v) is 6.97. The number of aliphatic carboxylic acids is 1. The predicted molar refractivity (Wildman–Crippen MR) is 93.9 cm³/mol. The van der Waals surface area contributed by atoms with Gasteiger partial charge in [-0.1, -0.05) is 0 Å². The molecule has 0 aliphatic carbocycles. The SMILES string of the molecule is Cn1cc(C(=O)N2CC[C@@H]3[C@@H]2CCN3Cc2ccco2)cn1.O=C(O)C(F)(F)F. The van der Waals surface area contributed by atoms with Crippen molar-refractivity contribution < 1.29 is 32.3 Å². The number of carboxylic acids is 1. The van der Waals surface area contributed by atoms with Crippen LogP contribution in [-0.2, 0) is 18.4 Å². The van der Waals surface area contributed by atoms with Crippen LogP contribution in [0.2, 0.25) is 0 Å². The van der Waals surface area contributed by atoms with E-state index in [0.29, 0.717) is 17.6 Å². The number of amides is 1. The van der Waals surface area contributed by atoms with E-state index in [1.807, 2.05) is 24.1 Å². The average molecular weight is 414 g/mol. The molecule has 2 aromatic rings. The molecule has 2 aromatic heterocycles. The van der Waals surface area contributed by atoms with Gasteiger partial charge < -0.3 is 14.4 Å². The zero-order valence-electron chi connectivity index (χ0n) is 15.7. The lowest BCUT2D eigenvalue weighted by Crippen LogP contribution is -2.39. The normalized spacial score (nSPS) is 21.6. The van der Waals surface area contributed by atoms with E-state index in [4.69, 9.17) is 14.3 Å². The first-order chi connectivity index (χ1) is 13.7. The molecule has 29 heavy (non-hydrogen) atoms. The Bertz CT molecular complexity index is 850.